The van der Waals surface area contributed by atoms with E-state index in [9.17, 15) is 9.59 Å². The van der Waals surface area contributed by atoms with E-state index in [1.165, 1.54) is 11.3 Å². The van der Waals surface area contributed by atoms with Gasteiger partial charge in [0.25, 0.3) is 5.91 Å². The zero-order valence-corrected chi connectivity index (χ0v) is 14.3. The summed E-state index contributed by atoms with van der Waals surface area (Å²) in [5, 5.41) is 8.81. The van der Waals surface area contributed by atoms with Gasteiger partial charge in [0.2, 0.25) is 0 Å². The number of aromatic nitrogens is 1. The second-order valence-electron chi connectivity index (χ2n) is 6.97. The number of carboxylic acid groups (broad SMARTS) is 1. The summed E-state index contributed by atoms with van der Waals surface area (Å²) in [6.45, 7) is 7.59. The highest BCUT2D eigenvalue weighted by atomic mass is 32.1. The molecule has 2 heterocycles. The van der Waals surface area contributed by atoms with E-state index < -0.39 is 5.97 Å². The number of thiazole rings is 1. The van der Waals surface area contributed by atoms with E-state index in [0.717, 1.165) is 30.0 Å². The van der Waals surface area contributed by atoms with Crippen LogP contribution in [0.4, 0.5) is 0 Å². The molecule has 1 amide bonds. The number of aliphatic carboxylic acids is 1. The van der Waals surface area contributed by atoms with Gasteiger partial charge in [0.15, 0.2) is 0 Å². The van der Waals surface area contributed by atoms with Gasteiger partial charge in [0, 0.05) is 24.9 Å². The molecule has 1 aromatic heterocycles. The van der Waals surface area contributed by atoms with Crippen molar-refractivity contribution in [1.82, 2.24) is 9.88 Å². The normalized spacial score (nSPS) is 19.2. The van der Waals surface area contributed by atoms with E-state index in [0.29, 0.717) is 18.9 Å². The smallest absolute Gasteiger partial charge is 0.303 e. The Labute approximate surface area is 135 Å². The maximum atomic E-state index is 12.8. The van der Waals surface area contributed by atoms with Crippen LogP contribution in [0.5, 0.6) is 0 Å². The van der Waals surface area contributed by atoms with Gasteiger partial charge in [-0.1, -0.05) is 20.8 Å². The lowest BCUT2D eigenvalue weighted by atomic mass is 9.90. The third-order valence-corrected chi connectivity index (χ3v) is 4.86. The maximum Gasteiger partial charge on any atom is 0.303 e. The highest BCUT2D eigenvalue weighted by Crippen LogP contribution is 2.30. The number of carboxylic acids is 1. The molecule has 1 fully saturated rings. The van der Waals surface area contributed by atoms with Crippen molar-refractivity contribution in [2.75, 3.05) is 13.1 Å². The monoisotopic (exact) mass is 324 g/mol. The van der Waals surface area contributed by atoms with Gasteiger partial charge in [0.1, 0.15) is 4.88 Å². The molecule has 5 nitrogen and oxygen atoms in total. The Morgan fingerprint density at radius 2 is 2.18 bits per heavy atom. The largest absolute Gasteiger partial charge is 0.481 e. The Hall–Kier alpha value is -1.43. The quantitative estimate of drug-likeness (QED) is 0.923. The van der Waals surface area contributed by atoms with Gasteiger partial charge in [-0.05, 0) is 25.2 Å². The second kappa shape index (κ2) is 6.77. The number of carbonyl (C=O) groups is 2. The SMILES string of the molecule is CC(C)(C)c1ncsc1C(=O)N1CCCC(CCC(=O)O)C1. The van der Waals surface area contributed by atoms with Gasteiger partial charge in [-0.2, -0.15) is 0 Å². The predicted octanol–water partition coefficient (Wildman–Crippen LogP) is 3.16. The van der Waals surface area contributed by atoms with Crippen molar-refractivity contribution in [3.63, 3.8) is 0 Å². The molecule has 0 bridgehead atoms. The van der Waals surface area contributed by atoms with Crippen LogP contribution >= 0.6 is 11.3 Å². The molecule has 0 radical (unpaired) electrons. The van der Waals surface area contributed by atoms with Crippen molar-refractivity contribution >= 4 is 23.2 Å². The number of rotatable bonds is 4. The number of nitrogens with zero attached hydrogens (tertiary/aromatic N) is 2. The van der Waals surface area contributed by atoms with Gasteiger partial charge in [-0.3, -0.25) is 9.59 Å². The first-order chi connectivity index (χ1) is 10.3. The molecule has 1 aliphatic rings. The zero-order valence-electron chi connectivity index (χ0n) is 13.5. The Morgan fingerprint density at radius 3 is 2.82 bits per heavy atom. The first-order valence-corrected chi connectivity index (χ1v) is 8.62. The highest BCUT2D eigenvalue weighted by molar-refractivity contribution is 7.11. The van der Waals surface area contributed by atoms with Crippen molar-refractivity contribution in [2.45, 2.75) is 51.9 Å². The molecule has 1 aromatic rings. The van der Waals surface area contributed by atoms with Crippen LogP contribution in [0.25, 0.3) is 0 Å². The van der Waals surface area contributed by atoms with Gasteiger partial charge in [-0.15, -0.1) is 11.3 Å². The number of hydrogen-bond donors (Lipinski definition) is 1. The second-order valence-corrected chi connectivity index (χ2v) is 7.83. The molecule has 1 aliphatic heterocycles. The first kappa shape index (κ1) is 16.9. The minimum atomic E-state index is -0.763. The van der Waals surface area contributed by atoms with Crippen molar-refractivity contribution in [2.24, 2.45) is 5.92 Å². The van der Waals surface area contributed by atoms with Gasteiger partial charge < -0.3 is 10.0 Å². The van der Waals surface area contributed by atoms with Crippen LogP contribution in [0.1, 0.15) is 61.8 Å². The standard InChI is InChI=1S/C16H24N2O3S/c1-16(2,3)14-13(22-10-17-14)15(21)18-8-4-5-11(9-18)6-7-12(19)20/h10-11H,4-9H2,1-3H3,(H,19,20). The van der Waals surface area contributed by atoms with Crippen LogP contribution in [0.3, 0.4) is 0 Å². The van der Waals surface area contributed by atoms with E-state index >= 15 is 0 Å². The van der Waals surface area contributed by atoms with Crippen LogP contribution in [0.2, 0.25) is 0 Å². The Morgan fingerprint density at radius 1 is 1.45 bits per heavy atom. The summed E-state index contributed by atoms with van der Waals surface area (Å²) < 4.78 is 0. The molecular weight excluding hydrogens is 300 g/mol. The van der Waals surface area contributed by atoms with E-state index in [-0.39, 0.29) is 17.7 Å². The Balaban J connectivity index is 2.06. The lowest BCUT2D eigenvalue weighted by molar-refractivity contribution is -0.137. The minimum absolute atomic E-state index is 0.0486. The van der Waals surface area contributed by atoms with Gasteiger partial charge >= 0.3 is 5.97 Å². The Bertz CT molecular complexity index is 548. The third-order valence-electron chi connectivity index (χ3n) is 4.04. The maximum absolute atomic E-state index is 12.8. The molecule has 0 saturated carbocycles. The fraction of sp³-hybridized carbons (Fsp3) is 0.688. The number of hydrogen-bond acceptors (Lipinski definition) is 4. The number of carbonyl (C=O) groups excluding carboxylic acids is 1. The summed E-state index contributed by atoms with van der Waals surface area (Å²) in [5.74, 6) is -0.423. The zero-order chi connectivity index (χ0) is 16.3. The summed E-state index contributed by atoms with van der Waals surface area (Å²) in [6.07, 6.45) is 2.78. The van der Waals surface area contributed by atoms with Crippen LogP contribution in [0.15, 0.2) is 5.51 Å². The molecule has 0 spiro atoms. The Kier molecular flexibility index (Phi) is 5.21. The lowest BCUT2D eigenvalue weighted by Gasteiger charge is -2.33. The average molecular weight is 324 g/mol. The summed E-state index contributed by atoms with van der Waals surface area (Å²) in [4.78, 5) is 30.5. The topological polar surface area (TPSA) is 70.5 Å². The van der Waals surface area contributed by atoms with E-state index in [1.54, 1.807) is 5.51 Å². The summed E-state index contributed by atoms with van der Waals surface area (Å²) >= 11 is 1.40. The summed E-state index contributed by atoms with van der Waals surface area (Å²) in [6, 6.07) is 0. The van der Waals surface area contributed by atoms with E-state index in [2.05, 4.69) is 25.8 Å². The van der Waals surface area contributed by atoms with E-state index in [1.807, 2.05) is 4.90 Å². The molecule has 22 heavy (non-hydrogen) atoms. The van der Waals surface area contributed by atoms with Crippen LogP contribution < -0.4 is 0 Å². The lowest BCUT2D eigenvalue weighted by Crippen LogP contribution is -2.40. The fourth-order valence-corrected chi connectivity index (χ4v) is 3.85. The predicted molar refractivity (Wildman–Crippen MR) is 86.3 cm³/mol. The molecule has 1 N–H and O–H groups in total. The highest BCUT2D eigenvalue weighted by Gasteiger charge is 2.30. The van der Waals surface area contributed by atoms with Gasteiger partial charge in [-0.25, -0.2) is 4.98 Å². The van der Waals surface area contributed by atoms with Gasteiger partial charge in [0.05, 0.1) is 11.2 Å². The molecule has 1 unspecified atom stereocenters. The van der Waals surface area contributed by atoms with E-state index in [4.69, 9.17) is 5.11 Å². The van der Waals surface area contributed by atoms with Crippen molar-refractivity contribution in [3.8, 4) is 0 Å². The number of amides is 1. The van der Waals surface area contributed by atoms with Crippen LogP contribution in [-0.4, -0.2) is 40.0 Å². The number of likely N-dealkylation sites (tertiary alicyclic amines) is 1. The molecule has 0 aliphatic carbocycles. The molecule has 1 atom stereocenters. The first-order valence-electron chi connectivity index (χ1n) is 7.74. The molecule has 1 saturated heterocycles. The van der Waals surface area contributed by atoms with Crippen molar-refractivity contribution in [3.05, 3.63) is 16.1 Å². The minimum Gasteiger partial charge on any atom is -0.481 e. The van der Waals surface area contributed by atoms with Crippen LogP contribution in [0, 0.1) is 5.92 Å². The molecule has 0 aromatic carbocycles. The third kappa shape index (κ3) is 4.06. The molecular formula is C16H24N2O3S. The summed E-state index contributed by atoms with van der Waals surface area (Å²) in [5.41, 5.74) is 2.44. The van der Waals surface area contributed by atoms with Crippen LogP contribution in [-0.2, 0) is 10.2 Å². The number of piperidine rings is 1. The average Bonchev–Trinajstić information content (AvgIpc) is 2.94. The molecule has 122 valence electrons. The molecule has 2 rings (SSSR count). The fourth-order valence-electron chi connectivity index (χ4n) is 2.89. The molecule has 6 heteroatoms. The van der Waals surface area contributed by atoms with Crippen molar-refractivity contribution in [1.29, 1.82) is 0 Å². The summed E-state index contributed by atoms with van der Waals surface area (Å²) in [7, 11) is 0. The van der Waals surface area contributed by atoms with Crippen molar-refractivity contribution < 1.29 is 14.7 Å².